The molecule has 3 aromatic carbocycles. The third-order valence-electron chi connectivity index (χ3n) is 5.25. The maximum atomic E-state index is 13.2. The van der Waals surface area contributed by atoms with Crippen molar-refractivity contribution < 1.29 is 23.5 Å². The van der Waals surface area contributed by atoms with Crippen molar-refractivity contribution in [1.29, 1.82) is 0 Å². The molecule has 0 aromatic heterocycles. The number of Topliss-reactive ketones (excluding diaryl/α,β-unsaturated/α-hetero) is 2. The van der Waals surface area contributed by atoms with Crippen LogP contribution in [0, 0.1) is 5.82 Å². The second kappa shape index (κ2) is 9.02. The van der Waals surface area contributed by atoms with E-state index in [1.54, 1.807) is 54.6 Å². The fourth-order valence-corrected chi connectivity index (χ4v) is 3.70. The number of halogens is 1. The lowest BCUT2D eigenvalue weighted by Crippen LogP contribution is -2.03. The molecular formula is C27H21FO4. The van der Waals surface area contributed by atoms with Crippen molar-refractivity contribution in [3.05, 3.63) is 113 Å². The molecule has 0 aliphatic heterocycles. The summed E-state index contributed by atoms with van der Waals surface area (Å²) >= 11 is 0. The van der Waals surface area contributed by atoms with Gasteiger partial charge >= 0.3 is 0 Å². The highest BCUT2D eigenvalue weighted by molar-refractivity contribution is 6.41. The van der Waals surface area contributed by atoms with E-state index in [0.29, 0.717) is 34.6 Å². The van der Waals surface area contributed by atoms with Gasteiger partial charge in [-0.15, -0.1) is 6.58 Å². The summed E-state index contributed by atoms with van der Waals surface area (Å²) in [6.45, 7) is 4.03. The van der Waals surface area contributed by atoms with Crippen molar-refractivity contribution in [1.82, 2.24) is 0 Å². The van der Waals surface area contributed by atoms with Crippen molar-refractivity contribution in [2.45, 2.75) is 13.0 Å². The molecule has 0 saturated carbocycles. The predicted molar refractivity (Wildman–Crippen MR) is 121 cm³/mol. The topological polar surface area (TPSA) is 52.6 Å². The number of carbonyl (C=O) groups is 2. The lowest BCUT2D eigenvalue weighted by atomic mass is 10.0. The summed E-state index contributed by atoms with van der Waals surface area (Å²) in [7, 11) is 1.52. The minimum absolute atomic E-state index is 0.123. The Morgan fingerprint density at radius 2 is 1.62 bits per heavy atom. The summed E-state index contributed by atoms with van der Waals surface area (Å²) in [4.78, 5) is 25.5. The van der Waals surface area contributed by atoms with Crippen molar-refractivity contribution in [2.24, 2.45) is 0 Å². The summed E-state index contributed by atoms with van der Waals surface area (Å²) in [5.41, 5.74) is 3.21. The quantitative estimate of drug-likeness (QED) is 0.279. The highest BCUT2D eigenvalue weighted by Gasteiger charge is 2.32. The molecule has 1 aliphatic rings. The van der Waals surface area contributed by atoms with Gasteiger partial charge in [-0.2, -0.15) is 0 Å². The van der Waals surface area contributed by atoms with Crippen LogP contribution in [-0.4, -0.2) is 18.7 Å². The fourth-order valence-electron chi connectivity index (χ4n) is 3.70. The first kappa shape index (κ1) is 21.2. The second-order valence-electron chi connectivity index (χ2n) is 7.38. The van der Waals surface area contributed by atoms with E-state index in [9.17, 15) is 14.0 Å². The Hall–Kier alpha value is -3.99. The van der Waals surface area contributed by atoms with E-state index < -0.39 is 0 Å². The van der Waals surface area contributed by atoms with E-state index >= 15 is 0 Å². The Bertz CT molecular complexity index is 1200. The van der Waals surface area contributed by atoms with E-state index in [-0.39, 0.29) is 29.6 Å². The molecule has 0 atom stereocenters. The number of fused-ring (bicyclic) bond motifs is 1. The van der Waals surface area contributed by atoms with E-state index in [4.69, 9.17) is 9.47 Å². The Labute approximate surface area is 185 Å². The summed E-state index contributed by atoms with van der Waals surface area (Å²) < 4.78 is 24.7. The molecule has 0 fully saturated rings. The highest BCUT2D eigenvalue weighted by atomic mass is 19.1. The van der Waals surface area contributed by atoms with Gasteiger partial charge in [-0.25, -0.2) is 4.39 Å². The highest BCUT2D eigenvalue weighted by Crippen LogP contribution is 2.36. The van der Waals surface area contributed by atoms with Gasteiger partial charge in [0, 0.05) is 16.7 Å². The van der Waals surface area contributed by atoms with Crippen LogP contribution in [0.2, 0.25) is 0 Å². The first-order chi connectivity index (χ1) is 15.5. The van der Waals surface area contributed by atoms with Gasteiger partial charge in [-0.05, 0) is 47.9 Å². The number of allylic oxidation sites excluding steroid dienone is 2. The molecular weight excluding hydrogens is 407 g/mol. The second-order valence-corrected chi connectivity index (χ2v) is 7.38. The molecule has 1 aliphatic carbocycles. The number of hydrogen-bond acceptors (Lipinski definition) is 4. The Balaban J connectivity index is 1.69. The zero-order valence-electron chi connectivity index (χ0n) is 17.6. The zero-order chi connectivity index (χ0) is 22.7. The minimum atomic E-state index is -0.311. The standard InChI is InChI=1S/C27H21FO4/c1-3-6-19-13-18(14-23-25(29)21-7-4-5-8-22(21)26(23)30)15-24(31-2)27(19)32-16-17-9-11-20(28)12-10-17/h3-5,7-15H,1,6,16H2,2H3. The van der Waals surface area contributed by atoms with Gasteiger partial charge in [0.05, 0.1) is 12.7 Å². The van der Waals surface area contributed by atoms with Gasteiger partial charge in [0.25, 0.3) is 0 Å². The lowest BCUT2D eigenvalue weighted by molar-refractivity contribution is 0.0990. The fraction of sp³-hybridized carbons (Fsp3) is 0.111. The normalized spacial score (nSPS) is 12.5. The van der Waals surface area contributed by atoms with E-state index in [2.05, 4.69) is 6.58 Å². The summed E-state index contributed by atoms with van der Waals surface area (Å²) in [6.07, 6.45) is 3.82. The summed E-state index contributed by atoms with van der Waals surface area (Å²) in [5, 5.41) is 0. The molecule has 0 heterocycles. The van der Waals surface area contributed by atoms with Crippen LogP contribution in [0.15, 0.2) is 78.9 Å². The molecule has 0 unspecified atom stereocenters. The number of ether oxygens (including phenoxy) is 2. The third kappa shape index (κ3) is 4.10. The van der Waals surface area contributed by atoms with Crippen LogP contribution in [0.1, 0.15) is 37.4 Å². The number of methoxy groups -OCH3 is 1. The molecule has 4 rings (SSSR count). The third-order valence-corrected chi connectivity index (χ3v) is 5.25. The summed E-state index contributed by atoms with van der Waals surface area (Å²) in [5.74, 6) is 0.118. The molecule has 0 spiro atoms. The maximum Gasteiger partial charge on any atom is 0.197 e. The average molecular weight is 428 g/mol. The number of carbonyl (C=O) groups excluding carboxylic acids is 2. The number of benzene rings is 3. The molecule has 3 aromatic rings. The van der Waals surface area contributed by atoms with Gasteiger partial charge in [-0.3, -0.25) is 9.59 Å². The van der Waals surface area contributed by atoms with Crippen LogP contribution in [0.3, 0.4) is 0 Å². The molecule has 32 heavy (non-hydrogen) atoms. The van der Waals surface area contributed by atoms with Crippen molar-refractivity contribution in [2.75, 3.05) is 7.11 Å². The molecule has 0 radical (unpaired) electrons. The van der Waals surface area contributed by atoms with Gasteiger partial charge < -0.3 is 9.47 Å². The van der Waals surface area contributed by atoms with Crippen molar-refractivity contribution in [3.63, 3.8) is 0 Å². The van der Waals surface area contributed by atoms with Gasteiger partial charge in [-0.1, -0.05) is 42.5 Å². The summed E-state index contributed by atoms with van der Waals surface area (Å²) in [6, 6.07) is 16.4. The first-order valence-corrected chi connectivity index (χ1v) is 10.1. The zero-order valence-corrected chi connectivity index (χ0v) is 17.6. The van der Waals surface area contributed by atoms with Crippen LogP contribution in [0.5, 0.6) is 11.5 Å². The van der Waals surface area contributed by atoms with Crippen LogP contribution in [0.25, 0.3) is 6.08 Å². The minimum Gasteiger partial charge on any atom is -0.493 e. The van der Waals surface area contributed by atoms with Crippen LogP contribution in [0.4, 0.5) is 4.39 Å². The van der Waals surface area contributed by atoms with Gasteiger partial charge in [0.1, 0.15) is 12.4 Å². The number of hydrogen-bond donors (Lipinski definition) is 0. The largest absolute Gasteiger partial charge is 0.493 e. The molecule has 0 amide bonds. The van der Waals surface area contributed by atoms with E-state index in [1.807, 2.05) is 6.07 Å². The molecule has 4 nitrogen and oxygen atoms in total. The molecule has 0 bridgehead atoms. The van der Waals surface area contributed by atoms with Gasteiger partial charge in [0.2, 0.25) is 0 Å². The SMILES string of the molecule is C=CCc1cc(C=C2C(=O)c3ccccc3C2=O)cc(OC)c1OCc1ccc(F)cc1. The first-order valence-electron chi connectivity index (χ1n) is 10.1. The monoisotopic (exact) mass is 428 g/mol. The van der Waals surface area contributed by atoms with Crippen molar-refractivity contribution >= 4 is 17.6 Å². The molecule has 0 N–H and O–H groups in total. The van der Waals surface area contributed by atoms with Crippen molar-refractivity contribution in [3.8, 4) is 11.5 Å². The Kier molecular flexibility index (Phi) is 5.99. The maximum absolute atomic E-state index is 13.2. The molecule has 160 valence electrons. The van der Waals surface area contributed by atoms with E-state index in [0.717, 1.165) is 11.1 Å². The smallest absolute Gasteiger partial charge is 0.197 e. The van der Waals surface area contributed by atoms with Crippen LogP contribution >= 0.6 is 0 Å². The molecule has 5 heteroatoms. The van der Waals surface area contributed by atoms with Crippen LogP contribution in [-0.2, 0) is 13.0 Å². The number of ketones is 2. The molecule has 0 saturated heterocycles. The lowest BCUT2D eigenvalue weighted by Gasteiger charge is -2.16. The Morgan fingerprint density at radius 1 is 0.969 bits per heavy atom. The van der Waals surface area contributed by atoms with E-state index in [1.165, 1.54) is 19.2 Å². The predicted octanol–water partition coefficient (Wildman–Crippen LogP) is 5.60. The average Bonchev–Trinajstić information content (AvgIpc) is 3.04. The Morgan fingerprint density at radius 3 is 2.22 bits per heavy atom. The van der Waals surface area contributed by atoms with Gasteiger partial charge in [0.15, 0.2) is 23.1 Å². The number of rotatable bonds is 7. The van der Waals surface area contributed by atoms with Crippen LogP contribution < -0.4 is 9.47 Å².